The van der Waals surface area contributed by atoms with E-state index in [-0.39, 0.29) is 0 Å². The fourth-order valence-corrected chi connectivity index (χ4v) is 0.623. The molecular weight excluding hydrogens is 138 g/mol. The lowest BCUT2D eigenvalue weighted by atomic mass is 10.4. The summed E-state index contributed by atoms with van der Waals surface area (Å²) in [6, 6.07) is 5.52. The molecule has 3 heteroatoms. The standard InChI is InChI=1S/C8H7N3/c9-4-1-5-11-8-2-6-10-7-3-8/h1-3,5-7H,(H,10,11)/b5-1+. The minimum Gasteiger partial charge on any atom is -0.361 e. The van der Waals surface area contributed by atoms with Gasteiger partial charge < -0.3 is 5.32 Å². The van der Waals surface area contributed by atoms with Crippen molar-refractivity contribution in [3.63, 3.8) is 0 Å². The first-order valence-corrected chi connectivity index (χ1v) is 3.14. The lowest BCUT2D eigenvalue weighted by molar-refractivity contribution is 1.32. The van der Waals surface area contributed by atoms with Gasteiger partial charge >= 0.3 is 0 Å². The number of allylic oxidation sites excluding steroid dienone is 1. The molecular formula is C8H7N3. The number of nitrogens with zero attached hydrogens (tertiary/aromatic N) is 2. The Morgan fingerprint density at radius 1 is 1.45 bits per heavy atom. The molecule has 1 rings (SSSR count). The number of nitriles is 1. The van der Waals surface area contributed by atoms with Crippen molar-refractivity contribution in [3.05, 3.63) is 36.8 Å². The molecule has 3 nitrogen and oxygen atoms in total. The van der Waals surface area contributed by atoms with E-state index in [0.29, 0.717) is 0 Å². The third-order valence-electron chi connectivity index (χ3n) is 1.09. The number of aromatic nitrogens is 1. The van der Waals surface area contributed by atoms with Crippen LogP contribution in [0.15, 0.2) is 36.8 Å². The SMILES string of the molecule is N#C/C=C/Nc1ccncc1. The van der Waals surface area contributed by atoms with Crippen molar-refractivity contribution in [2.75, 3.05) is 5.32 Å². The zero-order chi connectivity index (χ0) is 7.94. The molecule has 0 fully saturated rings. The van der Waals surface area contributed by atoms with E-state index in [9.17, 15) is 0 Å². The number of pyridine rings is 1. The Labute approximate surface area is 65.0 Å². The molecule has 0 saturated heterocycles. The highest BCUT2D eigenvalue weighted by atomic mass is 14.8. The molecule has 1 aromatic rings. The molecule has 1 aromatic heterocycles. The molecule has 1 heterocycles. The van der Waals surface area contributed by atoms with Crippen molar-refractivity contribution >= 4 is 5.69 Å². The van der Waals surface area contributed by atoms with Gasteiger partial charge in [0.15, 0.2) is 0 Å². The van der Waals surface area contributed by atoms with Gasteiger partial charge in [0.05, 0.1) is 6.07 Å². The molecule has 54 valence electrons. The molecule has 0 aliphatic carbocycles. The lowest BCUT2D eigenvalue weighted by Gasteiger charge is -1.95. The van der Waals surface area contributed by atoms with Crippen LogP contribution in [0.2, 0.25) is 0 Å². The Morgan fingerprint density at radius 2 is 2.18 bits per heavy atom. The Kier molecular flexibility index (Phi) is 2.70. The third kappa shape index (κ3) is 2.50. The van der Waals surface area contributed by atoms with Crippen LogP contribution in [0.3, 0.4) is 0 Å². The van der Waals surface area contributed by atoms with Crippen molar-refractivity contribution < 1.29 is 0 Å². The smallest absolute Gasteiger partial charge is 0.0927 e. The van der Waals surface area contributed by atoms with Crippen LogP contribution in [0.1, 0.15) is 0 Å². The van der Waals surface area contributed by atoms with Gasteiger partial charge in [-0.2, -0.15) is 5.26 Å². The number of rotatable bonds is 2. The number of nitrogens with one attached hydrogen (secondary N) is 1. The van der Waals surface area contributed by atoms with E-state index in [0.717, 1.165) is 5.69 Å². The zero-order valence-electron chi connectivity index (χ0n) is 5.86. The fourth-order valence-electron chi connectivity index (χ4n) is 0.623. The topological polar surface area (TPSA) is 48.7 Å². The molecule has 0 bridgehead atoms. The van der Waals surface area contributed by atoms with Crippen LogP contribution in [-0.4, -0.2) is 4.98 Å². The maximum atomic E-state index is 8.16. The van der Waals surface area contributed by atoms with Gasteiger partial charge in [-0.05, 0) is 12.1 Å². The van der Waals surface area contributed by atoms with E-state index in [1.165, 1.54) is 6.08 Å². The van der Waals surface area contributed by atoms with Gasteiger partial charge in [0.1, 0.15) is 0 Å². The van der Waals surface area contributed by atoms with Gasteiger partial charge in [-0.3, -0.25) is 4.98 Å². The Bertz CT molecular complexity index is 271. The van der Waals surface area contributed by atoms with Crippen molar-refractivity contribution in [2.24, 2.45) is 0 Å². The molecule has 0 aliphatic heterocycles. The van der Waals surface area contributed by atoms with Crippen LogP contribution in [0, 0.1) is 11.3 Å². The molecule has 0 spiro atoms. The lowest BCUT2D eigenvalue weighted by Crippen LogP contribution is -1.85. The van der Waals surface area contributed by atoms with Crippen LogP contribution in [0.5, 0.6) is 0 Å². The molecule has 1 N–H and O–H groups in total. The molecule has 0 radical (unpaired) electrons. The fraction of sp³-hybridized carbons (Fsp3) is 0. The summed E-state index contributed by atoms with van der Waals surface area (Å²) in [5.41, 5.74) is 0.923. The molecule has 0 atom stereocenters. The van der Waals surface area contributed by atoms with Crippen molar-refractivity contribution in [3.8, 4) is 6.07 Å². The average molecular weight is 145 g/mol. The van der Waals surface area contributed by atoms with Gasteiger partial charge in [-0.1, -0.05) is 0 Å². The number of hydrogen-bond acceptors (Lipinski definition) is 3. The number of anilines is 1. The van der Waals surface area contributed by atoms with Crippen molar-refractivity contribution in [1.82, 2.24) is 4.98 Å². The summed E-state index contributed by atoms with van der Waals surface area (Å²) in [4.78, 5) is 3.84. The molecule has 0 amide bonds. The Balaban J connectivity index is 2.53. The maximum Gasteiger partial charge on any atom is 0.0927 e. The maximum absolute atomic E-state index is 8.16. The highest BCUT2D eigenvalue weighted by Crippen LogP contribution is 2.01. The first-order chi connectivity index (χ1) is 5.43. The highest BCUT2D eigenvalue weighted by molar-refractivity contribution is 5.43. The van der Waals surface area contributed by atoms with Gasteiger partial charge in [0, 0.05) is 30.4 Å². The van der Waals surface area contributed by atoms with E-state index in [2.05, 4.69) is 10.3 Å². The first kappa shape index (κ1) is 7.29. The van der Waals surface area contributed by atoms with Gasteiger partial charge in [0.2, 0.25) is 0 Å². The van der Waals surface area contributed by atoms with Gasteiger partial charge in [-0.15, -0.1) is 0 Å². The van der Waals surface area contributed by atoms with E-state index >= 15 is 0 Å². The van der Waals surface area contributed by atoms with Crippen LogP contribution in [0.25, 0.3) is 0 Å². The predicted octanol–water partition coefficient (Wildman–Crippen LogP) is 1.53. The second kappa shape index (κ2) is 4.07. The summed E-state index contributed by atoms with van der Waals surface area (Å²) in [6.07, 6.45) is 6.32. The first-order valence-electron chi connectivity index (χ1n) is 3.14. The van der Waals surface area contributed by atoms with E-state index in [1.54, 1.807) is 18.6 Å². The molecule has 0 saturated carbocycles. The summed E-state index contributed by atoms with van der Waals surface area (Å²) < 4.78 is 0. The molecule has 0 unspecified atom stereocenters. The Morgan fingerprint density at radius 3 is 2.82 bits per heavy atom. The normalized spacial score (nSPS) is 9.36. The predicted molar refractivity (Wildman–Crippen MR) is 42.6 cm³/mol. The summed E-state index contributed by atoms with van der Waals surface area (Å²) in [6.45, 7) is 0. The Hall–Kier alpha value is -1.82. The largest absolute Gasteiger partial charge is 0.361 e. The second-order valence-electron chi connectivity index (χ2n) is 1.84. The number of hydrogen-bond donors (Lipinski definition) is 1. The minimum atomic E-state index is 0.923. The van der Waals surface area contributed by atoms with Crippen LogP contribution >= 0.6 is 0 Å². The summed E-state index contributed by atoms with van der Waals surface area (Å²) >= 11 is 0. The van der Waals surface area contributed by atoms with Crippen molar-refractivity contribution in [2.45, 2.75) is 0 Å². The quantitative estimate of drug-likeness (QED) is 0.642. The van der Waals surface area contributed by atoms with E-state index in [1.807, 2.05) is 18.2 Å². The summed E-state index contributed by atoms with van der Waals surface area (Å²) in [7, 11) is 0. The second-order valence-corrected chi connectivity index (χ2v) is 1.84. The van der Waals surface area contributed by atoms with Gasteiger partial charge in [0.25, 0.3) is 0 Å². The molecule has 11 heavy (non-hydrogen) atoms. The zero-order valence-corrected chi connectivity index (χ0v) is 5.86. The average Bonchev–Trinajstić information content (AvgIpc) is 2.07. The summed E-state index contributed by atoms with van der Waals surface area (Å²) in [5.74, 6) is 0. The monoisotopic (exact) mass is 145 g/mol. The van der Waals surface area contributed by atoms with Crippen molar-refractivity contribution in [1.29, 1.82) is 5.26 Å². The van der Waals surface area contributed by atoms with E-state index < -0.39 is 0 Å². The highest BCUT2D eigenvalue weighted by Gasteiger charge is 1.82. The van der Waals surface area contributed by atoms with Gasteiger partial charge in [-0.25, -0.2) is 0 Å². The van der Waals surface area contributed by atoms with Crippen LogP contribution < -0.4 is 5.32 Å². The van der Waals surface area contributed by atoms with Crippen LogP contribution in [-0.2, 0) is 0 Å². The van der Waals surface area contributed by atoms with Crippen LogP contribution in [0.4, 0.5) is 5.69 Å². The van der Waals surface area contributed by atoms with E-state index in [4.69, 9.17) is 5.26 Å². The molecule has 0 aromatic carbocycles. The third-order valence-corrected chi connectivity index (χ3v) is 1.09. The summed E-state index contributed by atoms with van der Waals surface area (Å²) in [5, 5.41) is 11.1. The minimum absolute atomic E-state index is 0.923. The molecule has 0 aliphatic rings.